The van der Waals surface area contributed by atoms with Crippen LogP contribution in [0.4, 0.5) is 0 Å². The highest BCUT2D eigenvalue weighted by Crippen LogP contribution is 2.14. The number of carbonyl (C=O) groups excluding carboxylic acids is 3. The fraction of sp³-hybridized carbons (Fsp3) is 0.318. The van der Waals surface area contributed by atoms with Crippen LogP contribution in [-0.4, -0.2) is 24.6 Å². The monoisotopic (exact) mass is 386 g/mol. The van der Waals surface area contributed by atoms with E-state index in [1.165, 1.54) is 0 Å². The van der Waals surface area contributed by atoms with Gasteiger partial charge in [0.25, 0.3) is 0 Å². The normalized spacial score (nSPS) is 11.6. The van der Waals surface area contributed by atoms with Crippen LogP contribution in [0.3, 0.4) is 0 Å². The molecule has 0 radical (unpaired) electrons. The van der Waals surface area contributed by atoms with Crippen molar-refractivity contribution in [2.75, 3.05) is 6.61 Å². The van der Waals surface area contributed by atoms with Gasteiger partial charge in [-0.25, -0.2) is 4.79 Å². The molecule has 4 nitrogen and oxygen atoms in total. The van der Waals surface area contributed by atoms with Crippen LogP contribution in [0.25, 0.3) is 0 Å². The van der Waals surface area contributed by atoms with Crippen molar-refractivity contribution < 1.29 is 19.1 Å². The van der Waals surface area contributed by atoms with Crippen molar-refractivity contribution in [3.63, 3.8) is 0 Å². The number of ketones is 1. The topological polar surface area (TPSA) is 60.4 Å². The molecule has 0 saturated carbocycles. The lowest BCUT2D eigenvalue weighted by Gasteiger charge is -2.10. The summed E-state index contributed by atoms with van der Waals surface area (Å²) < 4.78 is 5.18. The quantitative estimate of drug-likeness (QED) is 0.319. The third-order valence-electron chi connectivity index (χ3n) is 4.19. The second-order valence-electron chi connectivity index (χ2n) is 6.43. The summed E-state index contributed by atoms with van der Waals surface area (Å²) in [6.07, 6.45) is 3.31. The molecule has 2 aromatic rings. The molecule has 5 heteroatoms. The SMILES string of the molecule is O=CC(CC(=O)CCCCOC(=O)c1ccc(Cl)cc1)Cc1ccccc1. The second kappa shape index (κ2) is 11.3. The fourth-order valence-corrected chi connectivity index (χ4v) is 2.86. The van der Waals surface area contributed by atoms with Gasteiger partial charge in [-0.05, 0) is 49.1 Å². The van der Waals surface area contributed by atoms with Crippen molar-refractivity contribution >= 4 is 29.6 Å². The largest absolute Gasteiger partial charge is 0.462 e. The molecular weight excluding hydrogens is 364 g/mol. The van der Waals surface area contributed by atoms with Crippen molar-refractivity contribution in [1.29, 1.82) is 0 Å². The van der Waals surface area contributed by atoms with Gasteiger partial charge in [0.1, 0.15) is 12.1 Å². The Morgan fingerprint density at radius 1 is 1.00 bits per heavy atom. The van der Waals surface area contributed by atoms with E-state index in [0.29, 0.717) is 36.3 Å². The zero-order valence-corrected chi connectivity index (χ0v) is 15.9. The summed E-state index contributed by atoms with van der Waals surface area (Å²) in [6.45, 7) is 0.260. The maximum Gasteiger partial charge on any atom is 0.338 e. The number of rotatable bonds is 11. The van der Waals surface area contributed by atoms with E-state index in [0.717, 1.165) is 11.8 Å². The summed E-state index contributed by atoms with van der Waals surface area (Å²) in [7, 11) is 0. The van der Waals surface area contributed by atoms with Crippen molar-refractivity contribution in [2.24, 2.45) is 5.92 Å². The summed E-state index contributed by atoms with van der Waals surface area (Å²) in [5.41, 5.74) is 1.50. The smallest absolute Gasteiger partial charge is 0.338 e. The van der Waals surface area contributed by atoms with Gasteiger partial charge in [0.05, 0.1) is 12.2 Å². The number of hydrogen-bond acceptors (Lipinski definition) is 4. The lowest BCUT2D eigenvalue weighted by Crippen LogP contribution is -2.13. The fourth-order valence-electron chi connectivity index (χ4n) is 2.74. The first-order valence-electron chi connectivity index (χ1n) is 9.02. The van der Waals surface area contributed by atoms with Gasteiger partial charge in [-0.3, -0.25) is 4.79 Å². The highest BCUT2D eigenvalue weighted by atomic mass is 35.5. The summed E-state index contributed by atoms with van der Waals surface area (Å²) in [6, 6.07) is 16.2. The summed E-state index contributed by atoms with van der Waals surface area (Å²) in [4.78, 5) is 35.1. The Kier molecular flexibility index (Phi) is 8.72. The summed E-state index contributed by atoms with van der Waals surface area (Å²) in [5.74, 6) is -0.628. The molecule has 0 aliphatic carbocycles. The molecule has 2 aromatic carbocycles. The number of benzene rings is 2. The first-order chi connectivity index (χ1) is 13.1. The predicted octanol–water partition coefficient (Wildman–Crippen LogP) is 4.68. The van der Waals surface area contributed by atoms with Crippen LogP contribution in [-0.2, 0) is 20.7 Å². The van der Waals surface area contributed by atoms with Crippen LogP contribution in [0, 0.1) is 5.92 Å². The van der Waals surface area contributed by atoms with Crippen LogP contribution in [0.5, 0.6) is 0 Å². The highest BCUT2D eigenvalue weighted by molar-refractivity contribution is 6.30. The number of halogens is 1. The maximum atomic E-state index is 12.1. The van der Waals surface area contributed by atoms with E-state index in [-0.39, 0.29) is 24.7 Å². The van der Waals surface area contributed by atoms with Crippen molar-refractivity contribution in [1.82, 2.24) is 0 Å². The van der Waals surface area contributed by atoms with Crippen molar-refractivity contribution in [3.8, 4) is 0 Å². The van der Waals surface area contributed by atoms with Gasteiger partial charge >= 0.3 is 5.97 Å². The van der Waals surface area contributed by atoms with Crippen LogP contribution in [0.1, 0.15) is 41.6 Å². The second-order valence-corrected chi connectivity index (χ2v) is 6.87. The Bertz CT molecular complexity index is 741. The van der Waals surface area contributed by atoms with Gasteiger partial charge in [-0.1, -0.05) is 41.9 Å². The van der Waals surface area contributed by atoms with Gasteiger partial charge in [-0.2, -0.15) is 0 Å². The molecule has 2 rings (SSSR count). The van der Waals surface area contributed by atoms with Gasteiger partial charge < -0.3 is 9.53 Å². The zero-order valence-electron chi connectivity index (χ0n) is 15.1. The Hall–Kier alpha value is -2.46. The lowest BCUT2D eigenvalue weighted by atomic mass is 9.94. The average Bonchev–Trinajstić information content (AvgIpc) is 2.68. The van der Waals surface area contributed by atoms with Gasteiger partial charge in [0, 0.05) is 23.8 Å². The number of ether oxygens (including phenoxy) is 1. The number of esters is 1. The first-order valence-corrected chi connectivity index (χ1v) is 9.40. The number of aldehydes is 1. The Labute approximate surface area is 164 Å². The molecule has 0 fully saturated rings. The Balaban J connectivity index is 1.63. The van der Waals surface area contributed by atoms with Gasteiger partial charge in [0.15, 0.2) is 0 Å². The molecular formula is C22H23ClO4. The minimum atomic E-state index is -0.401. The van der Waals surface area contributed by atoms with E-state index in [1.807, 2.05) is 30.3 Å². The minimum Gasteiger partial charge on any atom is -0.462 e. The van der Waals surface area contributed by atoms with E-state index in [9.17, 15) is 14.4 Å². The Morgan fingerprint density at radius 2 is 1.70 bits per heavy atom. The molecule has 0 aliphatic heterocycles. The average molecular weight is 387 g/mol. The molecule has 0 saturated heterocycles. The van der Waals surface area contributed by atoms with Gasteiger partial charge in [0.2, 0.25) is 0 Å². The van der Waals surface area contributed by atoms with E-state index in [2.05, 4.69) is 0 Å². The number of Topliss-reactive ketones (excluding diaryl/α,β-unsaturated/α-hetero) is 1. The molecule has 1 atom stereocenters. The van der Waals surface area contributed by atoms with Crippen molar-refractivity contribution in [3.05, 3.63) is 70.7 Å². The molecule has 1 unspecified atom stereocenters. The Morgan fingerprint density at radius 3 is 2.37 bits per heavy atom. The van der Waals surface area contributed by atoms with Crippen LogP contribution < -0.4 is 0 Å². The van der Waals surface area contributed by atoms with E-state index < -0.39 is 5.97 Å². The summed E-state index contributed by atoms with van der Waals surface area (Å²) in [5, 5.41) is 0.561. The van der Waals surface area contributed by atoms with E-state index >= 15 is 0 Å². The van der Waals surface area contributed by atoms with Crippen LogP contribution in [0.15, 0.2) is 54.6 Å². The number of unbranched alkanes of at least 4 members (excludes halogenated alkanes) is 1. The molecule has 0 heterocycles. The van der Waals surface area contributed by atoms with Gasteiger partial charge in [-0.15, -0.1) is 0 Å². The molecule has 142 valence electrons. The molecule has 0 spiro atoms. The molecule has 0 amide bonds. The molecule has 0 N–H and O–H groups in total. The van der Waals surface area contributed by atoms with Crippen LogP contribution >= 0.6 is 11.6 Å². The zero-order chi connectivity index (χ0) is 19.5. The maximum absolute atomic E-state index is 12.1. The third-order valence-corrected chi connectivity index (χ3v) is 4.44. The third kappa shape index (κ3) is 7.75. The molecule has 27 heavy (non-hydrogen) atoms. The standard InChI is InChI=1S/C22H23ClO4/c23-20-11-9-19(10-12-20)22(26)27-13-5-4-8-21(25)15-18(16-24)14-17-6-2-1-3-7-17/h1-3,6-7,9-12,16,18H,4-5,8,13-15H2. The minimum absolute atomic E-state index is 0.0621. The number of hydrogen-bond donors (Lipinski definition) is 0. The van der Waals surface area contributed by atoms with Crippen LogP contribution in [0.2, 0.25) is 5.02 Å². The van der Waals surface area contributed by atoms with Crippen molar-refractivity contribution in [2.45, 2.75) is 32.1 Å². The predicted molar refractivity (Wildman–Crippen MR) is 105 cm³/mol. The van der Waals surface area contributed by atoms with E-state index in [4.69, 9.17) is 16.3 Å². The number of carbonyl (C=O) groups is 3. The first kappa shape index (κ1) is 20.8. The molecule has 0 aromatic heterocycles. The summed E-state index contributed by atoms with van der Waals surface area (Å²) >= 11 is 5.78. The van der Waals surface area contributed by atoms with E-state index in [1.54, 1.807) is 24.3 Å². The lowest BCUT2D eigenvalue weighted by molar-refractivity contribution is -0.122. The highest BCUT2D eigenvalue weighted by Gasteiger charge is 2.14. The molecule has 0 aliphatic rings. The molecule has 0 bridgehead atoms.